The van der Waals surface area contributed by atoms with Crippen LogP contribution in [0.25, 0.3) is 0 Å². The number of hydrogen-bond acceptors (Lipinski definition) is 2. The predicted molar refractivity (Wildman–Crippen MR) is 112 cm³/mol. The zero-order chi connectivity index (χ0) is 18.7. The molecule has 0 unspecified atom stereocenters. The van der Waals surface area contributed by atoms with Crippen LogP contribution in [-0.4, -0.2) is 18.0 Å². The molecule has 2 N–H and O–H groups in total. The van der Waals surface area contributed by atoms with E-state index in [1.165, 1.54) is 70.6 Å². The second-order valence-electron chi connectivity index (χ2n) is 9.54. The van der Waals surface area contributed by atoms with Gasteiger partial charge in [-0.05, 0) is 74.8 Å². The lowest BCUT2D eigenvalue weighted by Gasteiger charge is -2.56. The van der Waals surface area contributed by atoms with Crippen molar-refractivity contribution in [2.24, 2.45) is 17.8 Å². The quantitative estimate of drug-likeness (QED) is 0.543. The SMILES string of the molecule is CCCCCCCNc1ccccc1C(=O)NC12CC3CC(CC(C3)C1)C2. The number of para-hydroxylation sites is 1. The molecule has 0 atom stereocenters. The molecule has 1 aromatic rings. The molecule has 4 aliphatic carbocycles. The van der Waals surface area contributed by atoms with Crippen LogP contribution in [0.4, 0.5) is 5.69 Å². The van der Waals surface area contributed by atoms with Crippen molar-refractivity contribution in [2.75, 3.05) is 11.9 Å². The van der Waals surface area contributed by atoms with Crippen molar-refractivity contribution in [1.29, 1.82) is 0 Å². The summed E-state index contributed by atoms with van der Waals surface area (Å²) in [5.41, 5.74) is 1.90. The van der Waals surface area contributed by atoms with Gasteiger partial charge >= 0.3 is 0 Å². The molecule has 0 saturated heterocycles. The number of rotatable bonds is 9. The van der Waals surface area contributed by atoms with Crippen LogP contribution < -0.4 is 10.6 Å². The molecule has 0 spiro atoms. The zero-order valence-corrected chi connectivity index (χ0v) is 16.9. The molecule has 0 aromatic heterocycles. The molecule has 4 fully saturated rings. The van der Waals surface area contributed by atoms with E-state index in [9.17, 15) is 4.79 Å². The minimum atomic E-state index is 0.0824. The van der Waals surface area contributed by atoms with Gasteiger partial charge in [0.2, 0.25) is 0 Å². The van der Waals surface area contributed by atoms with Gasteiger partial charge < -0.3 is 10.6 Å². The van der Waals surface area contributed by atoms with Gasteiger partial charge in [-0.25, -0.2) is 0 Å². The lowest BCUT2D eigenvalue weighted by molar-refractivity contribution is -0.0166. The van der Waals surface area contributed by atoms with Crippen LogP contribution >= 0.6 is 0 Å². The number of anilines is 1. The summed E-state index contributed by atoms with van der Waals surface area (Å²) in [5, 5.41) is 7.04. The minimum absolute atomic E-state index is 0.0824. The van der Waals surface area contributed by atoms with Gasteiger partial charge in [-0.3, -0.25) is 4.79 Å². The van der Waals surface area contributed by atoms with Crippen LogP contribution in [0, 0.1) is 17.8 Å². The van der Waals surface area contributed by atoms with Crippen LogP contribution in [-0.2, 0) is 0 Å². The summed E-state index contributed by atoms with van der Waals surface area (Å²) < 4.78 is 0. The first-order chi connectivity index (χ1) is 13.2. The number of carbonyl (C=O) groups excluding carboxylic acids is 1. The third-order valence-electron chi connectivity index (χ3n) is 7.18. The van der Waals surface area contributed by atoms with Crippen LogP contribution in [0.2, 0.25) is 0 Å². The van der Waals surface area contributed by atoms with Crippen molar-refractivity contribution >= 4 is 11.6 Å². The molecule has 4 aliphatic rings. The zero-order valence-electron chi connectivity index (χ0n) is 16.9. The van der Waals surface area contributed by atoms with E-state index in [0.29, 0.717) is 0 Å². The molecule has 0 radical (unpaired) electrons. The summed E-state index contributed by atoms with van der Waals surface area (Å²) in [6, 6.07) is 8.05. The van der Waals surface area contributed by atoms with Crippen molar-refractivity contribution < 1.29 is 4.79 Å². The van der Waals surface area contributed by atoms with Crippen molar-refractivity contribution in [3.63, 3.8) is 0 Å². The monoisotopic (exact) mass is 368 g/mol. The summed E-state index contributed by atoms with van der Waals surface area (Å²) in [4.78, 5) is 13.2. The Kier molecular flexibility index (Phi) is 5.75. The maximum Gasteiger partial charge on any atom is 0.253 e. The number of carbonyl (C=O) groups is 1. The van der Waals surface area contributed by atoms with Gasteiger partial charge in [0.25, 0.3) is 5.91 Å². The molecular weight excluding hydrogens is 332 g/mol. The van der Waals surface area contributed by atoms with Crippen LogP contribution in [0.1, 0.15) is 87.9 Å². The van der Waals surface area contributed by atoms with E-state index in [1.807, 2.05) is 18.2 Å². The first-order valence-electron chi connectivity index (χ1n) is 11.3. The van der Waals surface area contributed by atoms with E-state index >= 15 is 0 Å². The van der Waals surface area contributed by atoms with Gasteiger partial charge in [0.15, 0.2) is 0 Å². The molecule has 148 valence electrons. The molecule has 27 heavy (non-hydrogen) atoms. The van der Waals surface area contributed by atoms with E-state index in [1.54, 1.807) is 0 Å². The summed E-state index contributed by atoms with van der Waals surface area (Å²) in [6.45, 7) is 3.20. The Morgan fingerprint density at radius 3 is 2.26 bits per heavy atom. The van der Waals surface area contributed by atoms with E-state index in [-0.39, 0.29) is 11.4 Å². The highest BCUT2D eigenvalue weighted by molar-refractivity contribution is 6.00. The lowest BCUT2D eigenvalue weighted by atomic mass is 9.53. The average Bonchev–Trinajstić information content (AvgIpc) is 2.63. The van der Waals surface area contributed by atoms with Gasteiger partial charge in [-0.1, -0.05) is 44.7 Å². The molecule has 4 saturated carbocycles. The maximum absolute atomic E-state index is 13.2. The van der Waals surface area contributed by atoms with Crippen molar-refractivity contribution in [2.45, 2.75) is 83.1 Å². The molecule has 0 aliphatic heterocycles. The van der Waals surface area contributed by atoms with E-state index in [0.717, 1.165) is 35.5 Å². The Hall–Kier alpha value is -1.51. The van der Waals surface area contributed by atoms with Gasteiger partial charge in [-0.2, -0.15) is 0 Å². The first kappa shape index (κ1) is 18.8. The number of hydrogen-bond donors (Lipinski definition) is 2. The highest BCUT2D eigenvalue weighted by Gasteiger charge is 2.51. The summed E-state index contributed by atoms with van der Waals surface area (Å²) in [6.07, 6.45) is 14.2. The highest BCUT2D eigenvalue weighted by Crippen LogP contribution is 2.55. The molecule has 4 bridgehead atoms. The standard InChI is InChI=1S/C24H36N2O/c1-2-3-4-5-8-11-25-22-10-7-6-9-21(22)23(27)26-24-15-18-12-19(16-24)14-20(13-18)17-24/h6-7,9-10,18-20,25H,2-5,8,11-17H2,1H3,(H,26,27). The number of nitrogens with one attached hydrogen (secondary N) is 2. The summed E-state index contributed by atoms with van der Waals surface area (Å²) in [5.74, 6) is 2.69. The minimum Gasteiger partial charge on any atom is -0.384 e. The van der Waals surface area contributed by atoms with Crippen LogP contribution in [0.15, 0.2) is 24.3 Å². The molecule has 1 amide bonds. The summed E-state index contributed by atoms with van der Waals surface area (Å²) >= 11 is 0. The van der Waals surface area contributed by atoms with Gasteiger partial charge in [0.1, 0.15) is 0 Å². The van der Waals surface area contributed by atoms with Crippen molar-refractivity contribution in [1.82, 2.24) is 5.32 Å². The fourth-order valence-electron chi connectivity index (χ4n) is 6.36. The largest absolute Gasteiger partial charge is 0.384 e. The number of benzene rings is 1. The third kappa shape index (κ3) is 4.33. The Morgan fingerprint density at radius 2 is 1.59 bits per heavy atom. The summed E-state index contributed by atoms with van der Waals surface area (Å²) in [7, 11) is 0. The normalized spacial score (nSPS) is 31.1. The van der Waals surface area contributed by atoms with E-state index in [2.05, 4.69) is 23.6 Å². The second-order valence-corrected chi connectivity index (χ2v) is 9.54. The molecular formula is C24H36N2O. The lowest BCUT2D eigenvalue weighted by Crippen LogP contribution is -2.59. The fourth-order valence-corrected chi connectivity index (χ4v) is 6.36. The van der Waals surface area contributed by atoms with Gasteiger partial charge in [0, 0.05) is 17.8 Å². The third-order valence-corrected chi connectivity index (χ3v) is 7.18. The highest BCUT2D eigenvalue weighted by atomic mass is 16.1. The molecule has 3 nitrogen and oxygen atoms in total. The molecule has 3 heteroatoms. The smallest absolute Gasteiger partial charge is 0.253 e. The van der Waals surface area contributed by atoms with Crippen molar-refractivity contribution in [3.05, 3.63) is 29.8 Å². The van der Waals surface area contributed by atoms with E-state index in [4.69, 9.17) is 0 Å². The van der Waals surface area contributed by atoms with Gasteiger partial charge in [0.05, 0.1) is 5.56 Å². The van der Waals surface area contributed by atoms with Gasteiger partial charge in [-0.15, -0.1) is 0 Å². The molecule has 1 aromatic carbocycles. The molecule has 5 rings (SSSR count). The van der Waals surface area contributed by atoms with Crippen molar-refractivity contribution in [3.8, 4) is 0 Å². The predicted octanol–water partition coefficient (Wildman–Crippen LogP) is 5.77. The Morgan fingerprint density at radius 1 is 0.963 bits per heavy atom. The molecule has 0 heterocycles. The van der Waals surface area contributed by atoms with E-state index < -0.39 is 0 Å². The number of unbranched alkanes of at least 4 members (excludes halogenated alkanes) is 4. The topological polar surface area (TPSA) is 41.1 Å². The number of amides is 1. The maximum atomic E-state index is 13.2. The van der Waals surface area contributed by atoms with Crippen LogP contribution in [0.3, 0.4) is 0 Å². The van der Waals surface area contributed by atoms with Crippen LogP contribution in [0.5, 0.6) is 0 Å². The Bertz CT molecular complexity index is 618. The average molecular weight is 369 g/mol. The second kappa shape index (κ2) is 8.24. The first-order valence-corrected chi connectivity index (χ1v) is 11.3. The Labute approximate surface area is 164 Å². The Balaban J connectivity index is 1.36. The fraction of sp³-hybridized carbons (Fsp3) is 0.708.